The van der Waals surface area contributed by atoms with Crippen molar-refractivity contribution in [2.75, 3.05) is 26.6 Å². The number of anilines is 1. The second-order valence-corrected chi connectivity index (χ2v) is 7.14. The maximum absolute atomic E-state index is 12.8. The summed E-state index contributed by atoms with van der Waals surface area (Å²) in [6.07, 6.45) is 2.12. The van der Waals surface area contributed by atoms with Gasteiger partial charge in [-0.05, 0) is 44.5 Å². The number of hydrogen-bond donors (Lipinski definition) is 1. The van der Waals surface area contributed by atoms with Crippen LogP contribution in [0, 0.1) is 0 Å². The van der Waals surface area contributed by atoms with E-state index in [1.165, 1.54) is 7.11 Å². The fourth-order valence-electron chi connectivity index (χ4n) is 3.67. The molecule has 5 heteroatoms. The Bertz CT molecular complexity index is 928. The molecule has 0 bridgehead atoms. The minimum Gasteiger partial charge on any atom is -0.497 e. The van der Waals surface area contributed by atoms with Gasteiger partial charge in [0.2, 0.25) is 0 Å². The number of nitrogens with one attached hydrogen (secondary N) is 1. The van der Waals surface area contributed by atoms with E-state index in [1.807, 2.05) is 31.2 Å². The van der Waals surface area contributed by atoms with Crippen LogP contribution in [0.3, 0.4) is 0 Å². The molecule has 0 aliphatic carbocycles. The number of rotatable bonds is 4. The number of fused-ring (bicyclic) bond motifs is 1. The molecule has 27 heavy (non-hydrogen) atoms. The largest absolute Gasteiger partial charge is 0.497 e. The first-order valence-corrected chi connectivity index (χ1v) is 8.77. The summed E-state index contributed by atoms with van der Waals surface area (Å²) in [4.78, 5) is 12.8. The first-order chi connectivity index (χ1) is 12.8. The number of hydrogen-bond acceptors (Lipinski definition) is 5. The minimum atomic E-state index is -0.381. The molecule has 0 amide bonds. The second kappa shape index (κ2) is 6.99. The normalized spacial score (nSPS) is 14.5. The molecular formula is C22H25NO4. The van der Waals surface area contributed by atoms with Crippen molar-refractivity contribution < 1.29 is 19.0 Å². The highest BCUT2D eigenvalue weighted by atomic mass is 16.5. The second-order valence-electron chi connectivity index (χ2n) is 7.14. The third-order valence-corrected chi connectivity index (χ3v) is 4.72. The molecule has 1 aliphatic heterocycles. The number of ether oxygens (including phenoxy) is 3. The van der Waals surface area contributed by atoms with Gasteiger partial charge in [0, 0.05) is 28.4 Å². The van der Waals surface area contributed by atoms with E-state index in [1.54, 1.807) is 20.3 Å². The van der Waals surface area contributed by atoms with Crippen molar-refractivity contribution >= 4 is 17.2 Å². The number of carbonyl (C=O) groups excluding carboxylic acids is 1. The number of benzene rings is 2. The monoisotopic (exact) mass is 367 g/mol. The van der Waals surface area contributed by atoms with Crippen molar-refractivity contribution in [3.63, 3.8) is 0 Å². The van der Waals surface area contributed by atoms with Gasteiger partial charge in [-0.1, -0.05) is 12.1 Å². The molecule has 0 spiro atoms. The molecule has 0 atom stereocenters. The highest BCUT2D eigenvalue weighted by Gasteiger charge is 2.29. The Morgan fingerprint density at radius 2 is 1.70 bits per heavy atom. The summed E-state index contributed by atoms with van der Waals surface area (Å²) >= 11 is 0. The maximum atomic E-state index is 12.8. The van der Waals surface area contributed by atoms with Gasteiger partial charge in [0.1, 0.15) is 11.5 Å². The minimum absolute atomic E-state index is 0.191. The third-order valence-electron chi connectivity index (χ3n) is 4.72. The molecule has 0 aromatic heterocycles. The van der Waals surface area contributed by atoms with E-state index in [-0.39, 0.29) is 11.5 Å². The molecule has 0 saturated heterocycles. The van der Waals surface area contributed by atoms with Crippen LogP contribution in [0.1, 0.15) is 36.7 Å². The predicted molar refractivity (Wildman–Crippen MR) is 108 cm³/mol. The number of methoxy groups -OCH3 is 3. The lowest BCUT2D eigenvalue weighted by Crippen LogP contribution is -2.32. The molecule has 0 saturated carbocycles. The lowest BCUT2D eigenvalue weighted by atomic mass is 9.85. The summed E-state index contributed by atoms with van der Waals surface area (Å²) in [5, 5.41) is 3.48. The highest BCUT2D eigenvalue weighted by Crippen LogP contribution is 2.43. The molecular weight excluding hydrogens is 342 g/mol. The zero-order valence-corrected chi connectivity index (χ0v) is 16.6. The van der Waals surface area contributed by atoms with Crippen molar-refractivity contribution in [1.29, 1.82) is 0 Å². The van der Waals surface area contributed by atoms with Gasteiger partial charge in [-0.25, -0.2) is 4.79 Å². The molecule has 142 valence electrons. The summed E-state index contributed by atoms with van der Waals surface area (Å²) in [6, 6.07) is 9.48. The van der Waals surface area contributed by atoms with Crippen LogP contribution in [-0.4, -0.2) is 32.8 Å². The molecule has 0 unspecified atom stereocenters. The SMILES string of the molecule is COC(=O)c1c(-c2ccc(OC)cc2OC)ccc2c1C(C)=CC(C)(C)N2. The average molecular weight is 367 g/mol. The van der Waals surface area contributed by atoms with E-state index in [0.717, 1.165) is 28.0 Å². The van der Waals surface area contributed by atoms with Crippen LogP contribution in [0.4, 0.5) is 5.69 Å². The Morgan fingerprint density at radius 1 is 1.00 bits per heavy atom. The smallest absolute Gasteiger partial charge is 0.339 e. The number of allylic oxidation sites excluding steroid dienone is 1. The van der Waals surface area contributed by atoms with Gasteiger partial charge in [-0.2, -0.15) is 0 Å². The Balaban J connectivity index is 2.30. The van der Waals surface area contributed by atoms with Crippen molar-refractivity contribution in [3.05, 3.63) is 47.5 Å². The zero-order chi connectivity index (χ0) is 19.8. The van der Waals surface area contributed by atoms with Gasteiger partial charge in [-0.15, -0.1) is 0 Å². The number of esters is 1. The van der Waals surface area contributed by atoms with Crippen molar-refractivity contribution in [1.82, 2.24) is 0 Å². The van der Waals surface area contributed by atoms with Crippen LogP contribution in [0.25, 0.3) is 16.7 Å². The van der Waals surface area contributed by atoms with Gasteiger partial charge in [-0.3, -0.25) is 0 Å². The average Bonchev–Trinajstić information content (AvgIpc) is 2.65. The fraction of sp³-hybridized carbons (Fsp3) is 0.318. The van der Waals surface area contributed by atoms with Crippen LogP contribution >= 0.6 is 0 Å². The molecule has 0 radical (unpaired) electrons. The van der Waals surface area contributed by atoms with E-state index >= 15 is 0 Å². The summed E-state index contributed by atoms with van der Waals surface area (Å²) in [5.41, 5.74) is 4.70. The molecule has 2 aromatic rings. The van der Waals surface area contributed by atoms with E-state index in [9.17, 15) is 4.79 Å². The molecule has 0 fully saturated rings. The van der Waals surface area contributed by atoms with Gasteiger partial charge in [0.05, 0.1) is 32.4 Å². The Hall–Kier alpha value is -2.95. The van der Waals surface area contributed by atoms with E-state index < -0.39 is 0 Å². The maximum Gasteiger partial charge on any atom is 0.339 e. The summed E-state index contributed by atoms with van der Waals surface area (Å²) in [7, 11) is 4.61. The Morgan fingerprint density at radius 3 is 2.33 bits per heavy atom. The molecule has 1 aliphatic rings. The molecule has 3 rings (SSSR count). The van der Waals surface area contributed by atoms with E-state index in [4.69, 9.17) is 14.2 Å². The van der Waals surface area contributed by atoms with Gasteiger partial charge in [0.15, 0.2) is 0 Å². The molecule has 2 aromatic carbocycles. The fourth-order valence-corrected chi connectivity index (χ4v) is 3.67. The zero-order valence-electron chi connectivity index (χ0n) is 16.6. The van der Waals surface area contributed by atoms with Crippen molar-refractivity contribution in [2.24, 2.45) is 0 Å². The van der Waals surface area contributed by atoms with Crippen LogP contribution in [0.2, 0.25) is 0 Å². The molecule has 1 heterocycles. The van der Waals surface area contributed by atoms with Gasteiger partial charge < -0.3 is 19.5 Å². The van der Waals surface area contributed by atoms with Gasteiger partial charge in [0.25, 0.3) is 0 Å². The summed E-state index contributed by atoms with van der Waals surface area (Å²) in [5.74, 6) is 0.937. The Kier molecular flexibility index (Phi) is 4.87. The van der Waals surface area contributed by atoms with E-state index in [0.29, 0.717) is 17.1 Å². The standard InChI is InChI=1S/C22H25NO4/c1-13-12-22(2,3)23-17-10-9-16(20(19(13)17)21(24)27-6)15-8-7-14(25-4)11-18(15)26-5/h7-12,23H,1-6H3. The van der Waals surface area contributed by atoms with E-state index in [2.05, 4.69) is 25.2 Å². The van der Waals surface area contributed by atoms with Gasteiger partial charge >= 0.3 is 5.97 Å². The molecule has 1 N–H and O–H groups in total. The lowest BCUT2D eigenvalue weighted by Gasteiger charge is -2.33. The first-order valence-electron chi connectivity index (χ1n) is 8.77. The quantitative estimate of drug-likeness (QED) is 0.789. The Labute approximate surface area is 159 Å². The number of carbonyl (C=O) groups is 1. The van der Waals surface area contributed by atoms with Crippen molar-refractivity contribution in [3.8, 4) is 22.6 Å². The topological polar surface area (TPSA) is 56.8 Å². The van der Waals surface area contributed by atoms with Crippen molar-refractivity contribution in [2.45, 2.75) is 26.3 Å². The third kappa shape index (κ3) is 3.37. The van der Waals surface area contributed by atoms with Crippen LogP contribution in [0.15, 0.2) is 36.4 Å². The van der Waals surface area contributed by atoms with Crippen LogP contribution < -0.4 is 14.8 Å². The first kappa shape index (κ1) is 18.8. The summed E-state index contributed by atoms with van der Waals surface area (Å²) < 4.78 is 16.0. The van der Waals surface area contributed by atoms with Crippen LogP contribution in [0.5, 0.6) is 11.5 Å². The predicted octanol–water partition coefficient (Wildman–Crippen LogP) is 4.76. The summed E-state index contributed by atoms with van der Waals surface area (Å²) in [6.45, 7) is 6.21. The lowest BCUT2D eigenvalue weighted by molar-refractivity contribution is 0.0601. The molecule has 5 nitrogen and oxygen atoms in total. The van der Waals surface area contributed by atoms with Crippen LogP contribution in [-0.2, 0) is 4.74 Å². The highest BCUT2D eigenvalue weighted by molar-refractivity contribution is 6.06.